The van der Waals surface area contributed by atoms with E-state index in [9.17, 15) is 4.39 Å². The molecule has 0 saturated heterocycles. The fraction of sp³-hybridized carbons (Fsp3) is 0.400. The van der Waals surface area contributed by atoms with E-state index < -0.39 is 5.82 Å². The number of rotatable bonds is 4. The lowest BCUT2D eigenvalue weighted by Crippen LogP contribution is -2.00. The molecule has 0 N–H and O–H groups in total. The maximum absolute atomic E-state index is 13.6. The van der Waals surface area contributed by atoms with Gasteiger partial charge in [-0.1, -0.05) is 34.8 Å². The Morgan fingerprint density at radius 3 is 1.56 bits per heavy atom. The number of benzene rings is 1. The lowest BCUT2D eigenvalue weighted by Gasteiger charge is -2.14. The van der Waals surface area contributed by atoms with Crippen LogP contribution in [0.5, 0.6) is 11.5 Å². The first kappa shape index (κ1) is 13.7. The van der Waals surface area contributed by atoms with Crippen LogP contribution >= 0.6 is 34.8 Å². The molecule has 0 saturated carbocycles. The molecule has 1 aromatic carbocycles. The van der Waals surface area contributed by atoms with Gasteiger partial charge in [0, 0.05) is 0 Å². The predicted molar refractivity (Wildman–Crippen MR) is 63.8 cm³/mol. The van der Waals surface area contributed by atoms with E-state index in [1.807, 2.05) is 0 Å². The van der Waals surface area contributed by atoms with Gasteiger partial charge in [0.1, 0.15) is 15.1 Å². The van der Waals surface area contributed by atoms with Gasteiger partial charge in [-0.05, 0) is 13.8 Å². The molecule has 0 bridgehead atoms. The Labute approximate surface area is 108 Å². The van der Waals surface area contributed by atoms with Crippen LogP contribution in [0.3, 0.4) is 0 Å². The average Bonchev–Trinajstić information content (AvgIpc) is 2.28. The first-order valence-electron chi connectivity index (χ1n) is 4.66. The van der Waals surface area contributed by atoms with Crippen molar-refractivity contribution in [3.8, 4) is 11.5 Å². The molecule has 0 atom stereocenters. The zero-order chi connectivity index (χ0) is 12.3. The largest absolute Gasteiger partial charge is 0.490 e. The minimum atomic E-state index is -0.792. The fourth-order valence-corrected chi connectivity index (χ4v) is 2.06. The summed E-state index contributed by atoms with van der Waals surface area (Å²) in [6.45, 7) is 4.09. The monoisotopic (exact) mass is 286 g/mol. The molecule has 0 fully saturated rings. The van der Waals surface area contributed by atoms with E-state index in [4.69, 9.17) is 44.3 Å². The Bertz CT molecular complexity index is 363. The molecule has 0 radical (unpaired) electrons. The van der Waals surface area contributed by atoms with Crippen LogP contribution in [0.2, 0.25) is 15.1 Å². The Kier molecular flexibility index (Phi) is 4.96. The summed E-state index contributed by atoms with van der Waals surface area (Å²) in [5.41, 5.74) is 0. The molecule has 1 rings (SSSR count). The molecule has 90 valence electrons. The number of halogens is 4. The third-order valence-corrected chi connectivity index (χ3v) is 2.78. The Morgan fingerprint density at radius 1 is 0.875 bits per heavy atom. The smallest absolute Gasteiger partial charge is 0.168 e. The van der Waals surface area contributed by atoms with Gasteiger partial charge in [0.2, 0.25) is 0 Å². The first-order chi connectivity index (χ1) is 7.54. The van der Waals surface area contributed by atoms with Crippen molar-refractivity contribution in [1.82, 2.24) is 0 Å². The Balaban J connectivity index is 3.39. The molecule has 0 heterocycles. The molecular formula is C10H10Cl3FO2. The van der Waals surface area contributed by atoms with Gasteiger partial charge in [-0.25, -0.2) is 4.39 Å². The topological polar surface area (TPSA) is 18.5 Å². The number of ether oxygens (including phenoxy) is 2. The van der Waals surface area contributed by atoms with Crippen LogP contribution in [0.1, 0.15) is 13.8 Å². The van der Waals surface area contributed by atoms with Crippen LogP contribution in [0.15, 0.2) is 0 Å². The molecule has 0 aliphatic carbocycles. The summed E-state index contributed by atoms with van der Waals surface area (Å²) in [4.78, 5) is 0. The van der Waals surface area contributed by atoms with Crippen molar-refractivity contribution in [3.05, 3.63) is 20.9 Å². The minimum Gasteiger partial charge on any atom is -0.490 e. The quantitative estimate of drug-likeness (QED) is 0.596. The van der Waals surface area contributed by atoms with Gasteiger partial charge in [-0.2, -0.15) is 0 Å². The van der Waals surface area contributed by atoms with Gasteiger partial charge in [-0.15, -0.1) is 0 Å². The SMILES string of the molecule is CCOc1c(Cl)c(F)c(Cl)c(OCC)c1Cl. The average molecular weight is 288 g/mol. The molecule has 0 spiro atoms. The molecule has 1 aromatic rings. The normalized spacial score (nSPS) is 10.4. The fourth-order valence-electron chi connectivity index (χ4n) is 1.13. The molecule has 0 aliphatic heterocycles. The molecule has 16 heavy (non-hydrogen) atoms. The first-order valence-corrected chi connectivity index (χ1v) is 5.79. The third kappa shape index (κ3) is 2.47. The summed E-state index contributed by atoms with van der Waals surface area (Å²) < 4.78 is 23.9. The summed E-state index contributed by atoms with van der Waals surface area (Å²) in [7, 11) is 0. The molecule has 6 heteroatoms. The van der Waals surface area contributed by atoms with Crippen molar-refractivity contribution in [2.45, 2.75) is 13.8 Å². The summed E-state index contributed by atoms with van der Waals surface area (Å²) >= 11 is 17.4. The highest BCUT2D eigenvalue weighted by Crippen LogP contribution is 2.46. The Hall–Kier alpha value is -0.380. The van der Waals surface area contributed by atoms with Crippen LogP contribution in [0.25, 0.3) is 0 Å². The summed E-state index contributed by atoms with van der Waals surface area (Å²) in [6.07, 6.45) is 0. The molecule has 0 aromatic heterocycles. The van der Waals surface area contributed by atoms with Crippen molar-refractivity contribution in [1.29, 1.82) is 0 Å². The zero-order valence-corrected chi connectivity index (χ0v) is 11.0. The highest BCUT2D eigenvalue weighted by molar-refractivity contribution is 6.42. The molecule has 0 unspecified atom stereocenters. The summed E-state index contributed by atoms with van der Waals surface area (Å²) in [6, 6.07) is 0. The lowest BCUT2D eigenvalue weighted by atomic mass is 10.3. The summed E-state index contributed by atoms with van der Waals surface area (Å²) in [5.74, 6) is -0.688. The van der Waals surface area contributed by atoms with E-state index >= 15 is 0 Å². The van der Waals surface area contributed by atoms with Crippen molar-refractivity contribution in [3.63, 3.8) is 0 Å². The number of hydrogen-bond donors (Lipinski definition) is 0. The van der Waals surface area contributed by atoms with Crippen LogP contribution in [-0.2, 0) is 0 Å². The van der Waals surface area contributed by atoms with Gasteiger partial charge >= 0.3 is 0 Å². The van der Waals surface area contributed by atoms with Crippen LogP contribution < -0.4 is 9.47 Å². The molecule has 0 aliphatic rings. The van der Waals surface area contributed by atoms with Crippen LogP contribution in [0.4, 0.5) is 4.39 Å². The van der Waals surface area contributed by atoms with Gasteiger partial charge in [0.15, 0.2) is 17.3 Å². The maximum atomic E-state index is 13.6. The van der Waals surface area contributed by atoms with E-state index in [0.717, 1.165) is 0 Å². The van der Waals surface area contributed by atoms with E-state index in [1.165, 1.54) is 0 Å². The van der Waals surface area contributed by atoms with E-state index in [0.29, 0.717) is 13.2 Å². The second kappa shape index (κ2) is 5.80. The summed E-state index contributed by atoms with van der Waals surface area (Å²) in [5, 5.41) is -0.388. The highest BCUT2D eigenvalue weighted by Gasteiger charge is 2.23. The van der Waals surface area contributed by atoms with Crippen LogP contribution in [0, 0.1) is 5.82 Å². The second-order valence-electron chi connectivity index (χ2n) is 2.78. The van der Waals surface area contributed by atoms with E-state index in [1.54, 1.807) is 13.8 Å². The van der Waals surface area contributed by atoms with Crippen molar-refractivity contribution in [2.75, 3.05) is 13.2 Å². The van der Waals surface area contributed by atoms with Gasteiger partial charge in [0.05, 0.1) is 13.2 Å². The van der Waals surface area contributed by atoms with E-state index in [2.05, 4.69) is 0 Å². The lowest BCUT2D eigenvalue weighted by molar-refractivity contribution is 0.320. The highest BCUT2D eigenvalue weighted by atomic mass is 35.5. The van der Waals surface area contributed by atoms with Crippen molar-refractivity contribution < 1.29 is 13.9 Å². The molecule has 2 nitrogen and oxygen atoms in total. The Morgan fingerprint density at radius 2 is 1.25 bits per heavy atom. The third-order valence-electron chi connectivity index (χ3n) is 1.76. The second-order valence-corrected chi connectivity index (χ2v) is 3.91. The number of hydrogen-bond acceptors (Lipinski definition) is 2. The van der Waals surface area contributed by atoms with Gasteiger partial charge in [-0.3, -0.25) is 0 Å². The molecular weight excluding hydrogens is 277 g/mol. The van der Waals surface area contributed by atoms with Gasteiger partial charge in [0.25, 0.3) is 0 Å². The standard InChI is InChI=1S/C10H10Cl3FO2/c1-3-15-9-5(11)8(14)6(12)10(7(9)13)16-4-2/h3-4H2,1-2H3. The van der Waals surface area contributed by atoms with Crippen molar-refractivity contribution >= 4 is 34.8 Å². The van der Waals surface area contributed by atoms with Gasteiger partial charge < -0.3 is 9.47 Å². The van der Waals surface area contributed by atoms with Crippen LogP contribution in [-0.4, -0.2) is 13.2 Å². The zero-order valence-electron chi connectivity index (χ0n) is 8.74. The maximum Gasteiger partial charge on any atom is 0.168 e. The minimum absolute atomic E-state index is 0.0520. The van der Waals surface area contributed by atoms with E-state index in [-0.39, 0.29) is 26.6 Å². The van der Waals surface area contributed by atoms with Crippen molar-refractivity contribution in [2.24, 2.45) is 0 Å². The predicted octanol–water partition coefficient (Wildman–Crippen LogP) is 4.58. The molecule has 0 amide bonds.